The van der Waals surface area contributed by atoms with E-state index in [1.807, 2.05) is 50.2 Å². The molecule has 0 saturated carbocycles. The maximum atomic E-state index is 12.3. The first-order valence-electron chi connectivity index (χ1n) is 9.83. The molecule has 3 aromatic rings. The standard InChI is InChI=1S/C24H27NO3/c1-3-27-22-14-12-18(16-23(22)28-4-2)17-25-24(26)15-13-20-10-7-9-19-8-5-6-11-21(19)20/h5-12,14,16H,3-4,13,15,17H2,1-2H3,(H,25,26). The molecule has 0 radical (unpaired) electrons. The van der Waals surface area contributed by atoms with Crippen LogP contribution in [0.5, 0.6) is 11.5 Å². The Balaban J connectivity index is 1.57. The summed E-state index contributed by atoms with van der Waals surface area (Å²) < 4.78 is 11.2. The third-order valence-electron chi connectivity index (χ3n) is 4.60. The highest BCUT2D eigenvalue weighted by atomic mass is 16.5. The normalized spacial score (nSPS) is 10.6. The first-order chi connectivity index (χ1) is 13.7. The van der Waals surface area contributed by atoms with Gasteiger partial charge >= 0.3 is 0 Å². The number of amides is 1. The zero-order valence-corrected chi connectivity index (χ0v) is 16.5. The summed E-state index contributed by atoms with van der Waals surface area (Å²) in [5, 5.41) is 5.42. The Labute approximate surface area is 166 Å². The average Bonchev–Trinajstić information content (AvgIpc) is 2.72. The minimum absolute atomic E-state index is 0.0415. The summed E-state index contributed by atoms with van der Waals surface area (Å²) >= 11 is 0. The van der Waals surface area contributed by atoms with E-state index in [1.54, 1.807) is 0 Å². The molecule has 4 heteroatoms. The fourth-order valence-corrected chi connectivity index (χ4v) is 3.25. The van der Waals surface area contributed by atoms with Crippen LogP contribution in [0.3, 0.4) is 0 Å². The molecule has 28 heavy (non-hydrogen) atoms. The van der Waals surface area contributed by atoms with Crippen LogP contribution >= 0.6 is 0 Å². The van der Waals surface area contributed by atoms with Crippen LogP contribution in [-0.2, 0) is 17.8 Å². The average molecular weight is 377 g/mol. The molecule has 0 spiro atoms. The van der Waals surface area contributed by atoms with E-state index in [9.17, 15) is 4.79 Å². The van der Waals surface area contributed by atoms with E-state index in [4.69, 9.17) is 9.47 Å². The number of benzene rings is 3. The zero-order valence-electron chi connectivity index (χ0n) is 16.5. The second-order valence-electron chi connectivity index (χ2n) is 6.56. The highest BCUT2D eigenvalue weighted by Crippen LogP contribution is 2.28. The SMILES string of the molecule is CCOc1ccc(CNC(=O)CCc2cccc3ccccc23)cc1OCC. The second-order valence-corrected chi connectivity index (χ2v) is 6.56. The third kappa shape index (κ3) is 5.03. The van der Waals surface area contributed by atoms with Crippen molar-refractivity contribution in [2.75, 3.05) is 13.2 Å². The van der Waals surface area contributed by atoms with Crippen molar-refractivity contribution in [3.05, 3.63) is 71.8 Å². The van der Waals surface area contributed by atoms with Crippen LogP contribution in [0.1, 0.15) is 31.4 Å². The molecule has 3 aromatic carbocycles. The molecule has 0 bridgehead atoms. The monoisotopic (exact) mass is 377 g/mol. The van der Waals surface area contributed by atoms with E-state index in [1.165, 1.54) is 16.3 Å². The van der Waals surface area contributed by atoms with Gasteiger partial charge in [-0.2, -0.15) is 0 Å². The number of ether oxygens (including phenoxy) is 2. The van der Waals surface area contributed by atoms with Crippen LogP contribution in [0, 0.1) is 0 Å². The van der Waals surface area contributed by atoms with Crippen molar-refractivity contribution in [2.45, 2.75) is 33.2 Å². The summed E-state index contributed by atoms with van der Waals surface area (Å²) in [7, 11) is 0. The molecule has 4 nitrogen and oxygen atoms in total. The van der Waals surface area contributed by atoms with Crippen LogP contribution in [-0.4, -0.2) is 19.1 Å². The summed E-state index contributed by atoms with van der Waals surface area (Å²) in [5.41, 5.74) is 2.19. The number of carbonyl (C=O) groups is 1. The number of nitrogens with one attached hydrogen (secondary N) is 1. The number of carbonyl (C=O) groups excluding carboxylic acids is 1. The minimum Gasteiger partial charge on any atom is -0.490 e. The van der Waals surface area contributed by atoms with Crippen LogP contribution in [0.2, 0.25) is 0 Å². The van der Waals surface area contributed by atoms with Gasteiger partial charge in [-0.3, -0.25) is 4.79 Å². The Morgan fingerprint density at radius 1 is 0.893 bits per heavy atom. The highest BCUT2D eigenvalue weighted by molar-refractivity contribution is 5.86. The Morgan fingerprint density at radius 2 is 1.64 bits per heavy atom. The summed E-state index contributed by atoms with van der Waals surface area (Å²) in [4.78, 5) is 12.3. The van der Waals surface area contributed by atoms with Gasteiger partial charge in [0.15, 0.2) is 11.5 Å². The Bertz CT molecular complexity index is 931. The van der Waals surface area contributed by atoms with Gasteiger partial charge in [0.1, 0.15) is 0 Å². The topological polar surface area (TPSA) is 47.6 Å². The molecule has 0 atom stereocenters. The van der Waals surface area contributed by atoms with Crippen molar-refractivity contribution in [3.8, 4) is 11.5 Å². The molecular weight excluding hydrogens is 350 g/mol. The summed E-state index contributed by atoms with van der Waals surface area (Å²) in [6.45, 7) is 5.52. The quantitative estimate of drug-likeness (QED) is 0.578. The molecule has 1 N–H and O–H groups in total. The molecule has 0 saturated heterocycles. The van der Waals surface area contributed by atoms with Crippen molar-refractivity contribution in [3.63, 3.8) is 0 Å². The lowest BCUT2D eigenvalue weighted by Crippen LogP contribution is -2.23. The van der Waals surface area contributed by atoms with Crippen molar-refractivity contribution in [1.29, 1.82) is 0 Å². The van der Waals surface area contributed by atoms with Crippen LogP contribution in [0.15, 0.2) is 60.7 Å². The van der Waals surface area contributed by atoms with Gasteiger partial charge in [-0.15, -0.1) is 0 Å². The molecule has 1 amide bonds. The first kappa shape index (κ1) is 19.7. The smallest absolute Gasteiger partial charge is 0.220 e. The molecule has 0 unspecified atom stereocenters. The summed E-state index contributed by atoms with van der Waals surface area (Å²) in [6.07, 6.45) is 1.18. The fraction of sp³-hybridized carbons (Fsp3) is 0.292. The summed E-state index contributed by atoms with van der Waals surface area (Å²) in [5.74, 6) is 1.49. The lowest BCUT2D eigenvalue weighted by molar-refractivity contribution is -0.121. The summed E-state index contributed by atoms with van der Waals surface area (Å²) in [6, 6.07) is 20.3. The molecule has 0 fully saturated rings. The van der Waals surface area contributed by atoms with Gasteiger partial charge in [-0.05, 0) is 54.3 Å². The molecule has 0 aliphatic carbocycles. The molecule has 0 aromatic heterocycles. The number of hydrogen-bond acceptors (Lipinski definition) is 3. The van der Waals surface area contributed by atoms with Gasteiger partial charge in [-0.25, -0.2) is 0 Å². The Kier molecular flexibility index (Phi) is 6.90. The number of fused-ring (bicyclic) bond motifs is 1. The van der Waals surface area contributed by atoms with Crippen molar-refractivity contribution >= 4 is 16.7 Å². The first-order valence-corrected chi connectivity index (χ1v) is 9.83. The van der Waals surface area contributed by atoms with Gasteiger partial charge < -0.3 is 14.8 Å². The predicted molar refractivity (Wildman–Crippen MR) is 113 cm³/mol. The van der Waals surface area contributed by atoms with Crippen LogP contribution in [0.4, 0.5) is 0 Å². The molecular formula is C24H27NO3. The number of rotatable bonds is 9. The van der Waals surface area contributed by atoms with Crippen molar-refractivity contribution in [2.24, 2.45) is 0 Å². The molecule has 0 aliphatic rings. The van der Waals surface area contributed by atoms with Gasteiger partial charge in [0.05, 0.1) is 13.2 Å². The molecule has 0 aliphatic heterocycles. The molecule has 0 heterocycles. The zero-order chi connectivity index (χ0) is 19.8. The maximum absolute atomic E-state index is 12.3. The van der Waals surface area contributed by atoms with Gasteiger partial charge in [0.2, 0.25) is 5.91 Å². The van der Waals surface area contributed by atoms with E-state index in [-0.39, 0.29) is 5.91 Å². The van der Waals surface area contributed by atoms with E-state index < -0.39 is 0 Å². The van der Waals surface area contributed by atoms with Crippen molar-refractivity contribution in [1.82, 2.24) is 5.32 Å². The Morgan fingerprint density at radius 3 is 2.46 bits per heavy atom. The second kappa shape index (κ2) is 9.79. The van der Waals surface area contributed by atoms with Gasteiger partial charge in [-0.1, -0.05) is 48.5 Å². The van der Waals surface area contributed by atoms with E-state index in [0.29, 0.717) is 31.9 Å². The van der Waals surface area contributed by atoms with E-state index in [2.05, 4.69) is 29.6 Å². The number of aryl methyl sites for hydroxylation is 1. The molecule has 3 rings (SSSR count). The maximum Gasteiger partial charge on any atom is 0.220 e. The fourth-order valence-electron chi connectivity index (χ4n) is 3.25. The highest BCUT2D eigenvalue weighted by Gasteiger charge is 2.08. The third-order valence-corrected chi connectivity index (χ3v) is 4.60. The largest absolute Gasteiger partial charge is 0.490 e. The minimum atomic E-state index is 0.0415. The van der Waals surface area contributed by atoms with E-state index in [0.717, 1.165) is 17.7 Å². The predicted octanol–water partition coefficient (Wildman–Crippen LogP) is 4.89. The van der Waals surface area contributed by atoms with Gasteiger partial charge in [0, 0.05) is 13.0 Å². The Hall–Kier alpha value is -3.01. The lowest BCUT2D eigenvalue weighted by Gasteiger charge is -2.13. The van der Waals surface area contributed by atoms with Crippen LogP contribution in [0.25, 0.3) is 10.8 Å². The molecule has 146 valence electrons. The number of hydrogen-bond donors (Lipinski definition) is 1. The van der Waals surface area contributed by atoms with Crippen LogP contribution < -0.4 is 14.8 Å². The lowest BCUT2D eigenvalue weighted by atomic mass is 10.0. The van der Waals surface area contributed by atoms with Gasteiger partial charge in [0.25, 0.3) is 0 Å². The van der Waals surface area contributed by atoms with Crippen molar-refractivity contribution < 1.29 is 14.3 Å². The van der Waals surface area contributed by atoms with E-state index >= 15 is 0 Å².